The van der Waals surface area contributed by atoms with Crippen LogP contribution in [0.4, 0.5) is 0 Å². The molecule has 2 rings (SSSR count). The van der Waals surface area contributed by atoms with Crippen LogP contribution in [0, 0.1) is 0 Å². The van der Waals surface area contributed by atoms with Gasteiger partial charge in [-0.05, 0) is 18.6 Å². The maximum atomic E-state index is 6.19. The molecule has 18 heavy (non-hydrogen) atoms. The highest BCUT2D eigenvalue weighted by molar-refractivity contribution is 6.38. The minimum Gasteiger partial charge on any atom is -0.324 e. The molecule has 1 aromatic heterocycles. The Bertz CT molecular complexity index is 531. The van der Waals surface area contributed by atoms with E-state index >= 15 is 0 Å². The van der Waals surface area contributed by atoms with Gasteiger partial charge >= 0.3 is 0 Å². The van der Waals surface area contributed by atoms with Crippen molar-refractivity contribution in [2.75, 3.05) is 0 Å². The first-order valence-electron chi connectivity index (χ1n) is 5.75. The molecule has 0 spiro atoms. The number of benzene rings is 1. The first-order chi connectivity index (χ1) is 8.69. The SMILES string of the molecule is CCCn1c(CN)nnc1-c1c(Cl)cccc1Cl. The van der Waals surface area contributed by atoms with E-state index in [-0.39, 0.29) is 0 Å². The largest absolute Gasteiger partial charge is 0.324 e. The van der Waals surface area contributed by atoms with Crippen LogP contribution in [-0.4, -0.2) is 14.8 Å². The minimum atomic E-state index is 0.342. The second kappa shape index (κ2) is 5.69. The summed E-state index contributed by atoms with van der Waals surface area (Å²) < 4.78 is 1.97. The first-order valence-corrected chi connectivity index (χ1v) is 6.51. The molecule has 1 heterocycles. The lowest BCUT2D eigenvalue weighted by molar-refractivity contribution is 0.644. The number of aromatic nitrogens is 3. The van der Waals surface area contributed by atoms with Crippen molar-refractivity contribution in [3.63, 3.8) is 0 Å². The quantitative estimate of drug-likeness (QED) is 0.939. The van der Waals surface area contributed by atoms with E-state index in [1.54, 1.807) is 18.2 Å². The molecule has 0 atom stereocenters. The van der Waals surface area contributed by atoms with E-state index in [1.165, 1.54) is 0 Å². The monoisotopic (exact) mass is 284 g/mol. The molecule has 0 unspecified atom stereocenters. The Hall–Kier alpha value is -1.10. The molecule has 96 valence electrons. The molecule has 0 saturated heterocycles. The maximum Gasteiger partial charge on any atom is 0.167 e. The second-order valence-corrected chi connectivity index (χ2v) is 4.71. The highest BCUT2D eigenvalue weighted by Gasteiger charge is 2.17. The highest BCUT2D eigenvalue weighted by Crippen LogP contribution is 2.33. The average Bonchev–Trinajstić information content (AvgIpc) is 2.73. The molecule has 4 nitrogen and oxygen atoms in total. The Labute approximate surface area is 116 Å². The summed E-state index contributed by atoms with van der Waals surface area (Å²) in [5.41, 5.74) is 6.37. The molecular formula is C12H14Cl2N4. The summed E-state index contributed by atoms with van der Waals surface area (Å²) in [6.07, 6.45) is 0.958. The van der Waals surface area contributed by atoms with Gasteiger partial charge in [0.25, 0.3) is 0 Å². The van der Waals surface area contributed by atoms with E-state index < -0.39 is 0 Å². The van der Waals surface area contributed by atoms with Crippen LogP contribution < -0.4 is 5.73 Å². The van der Waals surface area contributed by atoms with Crippen LogP contribution in [0.2, 0.25) is 10.0 Å². The van der Waals surface area contributed by atoms with Crippen LogP contribution in [0.15, 0.2) is 18.2 Å². The number of hydrogen-bond acceptors (Lipinski definition) is 3. The fourth-order valence-corrected chi connectivity index (χ4v) is 2.41. The molecule has 0 saturated carbocycles. The number of hydrogen-bond donors (Lipinski definition) is 1. The van der Waals surface area contributed by atoms with Gasteiger partial charge in [-0.2, -0.15) is 0 Å². The van der Waals surface area contributed by atoms with Crippen molar-refractivity contribution in [1.82, 2.24) is 14.8 Å². The third-order valence-electron chi connectivity index (χ3n) is 2.64. The van der Waals surface area contributed by atoms with Crippen molar-refractivity contribution in [3.8, 4) is 11.4 Å². The topological polar surface area (TPSA) is 56.7 Å². The van der Waals surface area contributed by atoms with Crippen LogP contribution in [0.5, 0.6) is 0 Å². The number of nitrogens with zero attached hydrogens (tertiary/aromatic N) is 3. The molecule has 2 aromatic rings. The van der Waals surface area contributed by atoms with Gasteiger partial charge in [0, 0.05) is 6.54 Å². The third-order valence-corrected chi connectivity index (χ3v) is 3.27. The van der Waals surface area contributed by atoms with Crippen LogP contribution in [-0.2, 0) is 13.1 Å². The Morgan fingerprint density at radius 1 is 1.22 bits per heavy atom. The molecule has 0 amide bonds. The smallest absolute Gasteiger partial charge is 0.167 e. The zero-order valence-corrected chi connectivity index (χ0v) is 11.5. The van der Waals surface area contributed by atoms with Crippen LogP contribution in [0.25, 0.3) is 11.4 Å². The van der Waals surface area contributed by atoms with Gasteiger partial charge in [0.05, 0.1) is 22.2 Å². The lowest BCUT2D eigenvalue weighted by Crippen LogP contribution is -2.09. The van der Waals surface area contributed by atoms with Gasteiger partial charge in [-0.15, -0.1) is 10.2 Å². The molecule has 2 N–H and O–H groups in total. The van der Waals surface area contributed by atoms with Gasteiger partial charge in [0.1, 0.15) is 5.82 Å². The minimum absolute atomic E-state index is 0.342. The Morgan fingerprint density at radius 2 is 1.89 bits per heavy atom. The van der Waals surface area contributed by atoms with Crippen LogP contribution >= 0.6 is 23.2 Å². The first kappa shape index (κ1) is 13.3. The van der Waals surface area contributed by atoms with Crippen molar-refractivity contribution < 1.29 is 0 Å². The summed E-state index contributed by atoms with van der Waals surface area (Å²) in [5, 5.41) is 9.38. The van der Waals surface area contributed by atoms with Gasteiger partial charge in [-0.3, -0.25) is 0 Å². The summed E-state index contributed by atoms with van der Waals surface area (Å²) in [7, 11) is 0. The van der Waals surface area contributed by atoms with Gasteiger partial charge in [-0.25, -0.2) is 0 Å². The van der Waals surface area contributed by atoms with E-state index in [0.717, 1.165) is 18.8 Å². The second-order valence-electron chi connectivity index (χ2n) is 3.89. The van der Waals surface area contributed by atoms with Gasteiger partial charge in [-0.1, -0.05) is 36.2 Å². The van der Waals surface area contributed by atoms with Crippen LogP contribution in [0.3, 0.4) is 0 Å². The van der Waals surface area contributed by atoms with Gasteiger partial charge < -0.3 is 10.3 Å². The number of rotatable bonds is 4. The van der Waals surface area contributed by atoms with E-state index in [9.17, 15) is 0 Å². The predicted molar refractivity (Wildman–Crippen MR) is 73.7 cm³/mol. The van der Waals surface area contributed by atoms with Crippen molar-refractivity contribution in [1.29, 1.82) is 0 Å². The fraction of sp³-hybridized carbons (Fsp3) is 0.333. The van der Waals surface area contributed by atoms with Gasteiger partial charge in [0.15, 0.2) is 5.82 Å². The van der Waals surface area contributed by atoms with Crippen molar-refractivity contribution in [3.05, 3.63) is 34.1 Å². The molecule has 0 bridgehead atoms. The van der Waals surface area contributed by atoms with Gasteiger partial charge in [0.2, 0.25) is 0 Å². The Morgan fingerprint density at radius 3 is 2.44 bits per heavy atom. The zero-order valence-electron chi connectivity index (χ0n) is 10.0. The fourth-order valence-electron chi connectivity index (χ4n) is 1.84. The number of halogens is 2. The lowest BCUT2D eigenvalue weighted by atomic mass is 10.2. The average molecular weight is 285 g/mol. The van der Waals surface area contributed by atoms with E-state index in [4.69, 9.17) is 28.9 Å². The molecule has 6 heteroatoms. The molecular weight excluding hydrogens is 271 g/mol. The molecule has 0 fully saturated rings. The predicted octanol–water partition coefficient (Wildman–Crippen LogP) is 3.12. The van der Waals surface area contributed by atoms with Crippen molar-refractivity contribution in [2.45, 2.75) is 26.4 Å². The van der Waals surface area contributed by atoms with E-state index in [1.807, 2.05) is 4.57 Å². The highest BCUT2D eigenvalue weighted by atomic mass is 35.5. The van der Waals surface area contributed by atoms with E-state index in [0.29, 0.717) is 28.0 Å². The summed E-state index contributed by atoms with van der Waals surface area (Å²) in [6.45, 7) is 3.21. The maximum absolute atomic E-state index is 6.19. The summed E-state index contributed by atoms with van der Waals surface area (Å²) >= 11 is 12.4. The summed E-state index contributed by atoms with van der Waals surface area (Å²) in [4.78, 5) is 0. The summed E-state index contributed by atoms with van der Waals surface area (Å²) in [5.74, 6) is 1.41. The molecule has 0 aliphatic rings. The lowest BCUT2D eigenvalue weighted by Gasteiger charge is -2.10. The molecule has 1 aromatic carbocycles. The zero-order chi connectivity index (χ0) is 13.1. The normalized spacial score (nSPS) is 10.9. The third kappa shape index (κ3) is 2.36. The van der Waals surface area contributed by atoms with E-state index in [2.05, 4.69) is 17.1 Å². The standard InChI is InChI=1S/C12H14Cl2N4/c1-2-6-18-10(7-15)16-17-12(18)11-8(13)4-3-5-9(11)14/h3-5H,2,6-7,15H2,1H3. The van der Waals surface area contributed by atoms with Crippen molar-refractivity contribution in [2.24, 2.45) is 5.73 Å². The Balaban J connectivity index is 2.60. The summed E-state index contributed by atoms with van der Waals surface area (Å²) in [6, 6.07) is 5.38. The van der Waals surface area contributed by atoms with Crippen LogP contribution in [0.1, 0.15) is 19.2 Å². The molecule has 0 aliphatic carbocycles. The molecule has 0 aliphatic heterocycles. The van der Waals surface area contributed by atoms with Crippen molar-refractivity contribution >= 4 is 23.2 Å². The number of nitrogens with two attached hydrogens (primary N) is 1. The molecule has 0 radical (unpaired) electrons. The Kier molecular flexibility index (Phi) is 4.22.